The van der Waals surface area contributed by atoms with Gasteiger partial charge in [-0.1, -0.05) is 19.1 Å². The van der Waals surface area contributed by atoms with Crippen LogP contribution >= 0.6 is 0 Å². The number of nitrogens with zero attached hydrogens (tertiary/aromatic N) is 5. The minimum Gasteiger partial charge on any atom is -0.352 e. The molecule has 0 saturated heterocycles. The average molecular weight is 310 g/mol. The first-order valence-corrected chi connectivity index (χ1v) is 7.41. The summed E-state index contributed by atoms with van der Waals surface area (Å²) in [5.41, 5.74) is 2.03. The third-order valence-electron chi connectivity index (χ3n) is 3.55. The molecule has 2 aromatic heterocycles. The Bertz CT molecular complexity index is 733. The third kappa shape index (κ3) is 3.82. The van der Waals surface area contributed by atoms with Crippen LogP contribution in [0.3, 0.4) is 0 Å². The Morgan fingerprint density at radius 1 is 1.26 bits per heavy atom. The standard InChI is InChI=1S/C16H18N6O/c1-13(10-21-12-17-11-20-21)16(23)18-9-14-3-5-15(6-4-14)22-8-2-7-19-22/h2-8,11-13H,9-10H2,1H3,(H,18,23)/t13-/m1/s1. The summed E-state index contributed by atoms with van der Waals surface area (Å²) in [5, 5.41) is 11.1. The Kier molecular flexibility index (Phi) is 4.46. The van der Waals surface area contributed by atoms with E-state index in [0.29, 0.717) is 13.1 Å². The zero-order chi connectivity index (χ0) is 16.1. The highest BCUT2D eigenvalue weighted by molar-refractivity contribution is 5.78. The van der Waals surface area contributed by atoms with Gasteiger partial charge in [0.25, 0.3) is 0 Å². The van der Waals surface area contributed by atoms with E-state index in [-0.39, 0.29) is 11.8 Å². The first-order chi connectivity index (χ1) is 11.2. The second kappa shape index (κ2) is 6.87. The molecule has 23 heavy (non-hydrogen) atoms. The molecule has 7 nitrogen and oxygen atoms in total. The molecule has 1 amide bonds. The van der Waals surface area contributed by atoms with Gasteiger partial charge in [-0.3, -0.25) is 9.48 Å². The van der Waals surface area contributed by atoms with Crippen molar-refractivity contribution in [1.29, 1.82) is 0 Å². The molecule has 0 fully saturated rings. The van der Waals surface area contributed by atoms with E-state index in [0.717, 1.165) is 11.3 Å². The predicted octanol–water partition coefficient (Wildman–Crippen LogP) is 1.42. The number of rotatable bonds is 6. The van der Waals surface area contributed by atoms with Crippen LogP contribution in [0.4, 0.5) is 0 Å². The molecule has 0 saturated carbocycles. The molecule has 7 heteroatoms. The normalized spacial score (nSPS) is 12.0. The van der Waals surface area contributed by atoms with E-state index < -0.39 is 0 Å². The highest BCUT2D eigenvalue weighted by Gasteiger charge is 2.13. The van der Waals surface area contributed by atoms with Crippen molar-refractivity contribution in [2.24, 2.45) is 5.92 Å². The number of carbonyl (C=O) groups excluding carboxylic acids is 1. The molecule has 1 N–H and O–H groups in total. The number of amides is 1. The van der Waals surface area contributed by atoms with Crippen LogP contribution in [0.15, 0.2) is 55.4 Å². The Balaban J connectivity index is 1.52. The van der Waals surface area contributed by atoms with E-state index in [2.05, 4.69) is 20.5 Å². The van der Waals surface area contributed by atoms with Gasteiger partial charge >= 0.3 is 0 Å². The summed E-state index contributed by atoms with van der Waals surface area (Å²) >= 11 is 0. The summed E-state index contributed by atoms with van der Waals surface area (Å²) in [6, 6.07) is 9.81. The fraction of sp³-hybridized carbons (Fsp3) is 0.250. The molecule has 1 aromatic carbocycles. The zero-order valence-corrected chi connectivity index (χ0v) is 12.8. The van der Waals surface area contributed by atoms with Crippen molar-refractivity contribution in [2.75, 3.05) is 0 Å². The van der Waals surface area contributed by atoms with E-state index in [1.165, 1.54) is 6.33 Å². The summed E-state index contributed by atoms with van der Waals surface area (Å²) in [5.74, 6) is -0.170. The Labute approximate surface area is 134 Å². The van der Waals surface area contributed by atoms with Gasteiger partial charge in [-0.05, 0) is 23.8 Å². The van der Waals surface area contributed by atoms with Crippen LogP contribution in [-0.2, 0) is 17.9 Å². The minimum atomic E-state index is -0.167. The molecular weight excluding hydrogens is 292 g/mol. The molecule has 0 aliphatic heterocycles. The van der Waals surface area contributed by atoms with Gasteiger partial charge in [0.2, 0.25) is 5.91 Å². The molecule has 0 bridgehead atoms. The fourth-order valence-electron chi connectivity index (χ4n) is 2.24. The molecule has 0 aliphatic carbocycles. The first kappa shape index (κ1) is 15.0. The third-order valence-corrected chi connectivity index (χ3v) is 3.55. The van der Waals surface area contributed by atoms with Crippen molar-refractivity contribution >= 4 is 5.91 Å². The lowest BCUT2D eigenvalue weighted by Gasteiger charge is -2.12. The maximum atomic E-state index is 12.1. The molecule has 2 heterocycles. The van der Waals surface area contributed by atoms with E-state index in [1.54, 1.807) is 21.9 Å². The molecule has 0 radical (unpaired) electrons. The number of aromatic nitrogens is 5. The lowest BCUT2D eigenvalue weighted by Crippen LogP contribution is -2.31. The summed E-state index contributed by atoms with van der Waals surface area (Å²) < 4.78 is 3.45. The van der Waals surface area contributed by atoms with Crippen LogP contribution in [-0.4, -0.2) is 30.5 Å². The van der Waals surface area contributed by atoms with E-state index >= 15 is 0 Å². The molecule has 0 spiro atoms. The fourth-order valence-corrected chi connectivity index (χ4v) is 2.24. The van der Waals surface area contributed by atoms with Gasteiger partial charge in [0.15, 0.2) is 0 Å². The summed E-state index contributed by atoms with van der Waals surface area (Å²) in [6.45, 7) is 2.89. The van der Waals surface area contributed by atoms with Crippen LogP contribution in [0, 0.1) is 5.92 Å². The van der Waals surface area contributed by atoms with Crippen molar-refractivity contribution in [3.8, 4) is 5.69 Å². The molecular formula is C16H18N6O. The summed E-state index contributed by atoms with van der Waals surface area (Å²) in [7, 11) is 0. The van der Waals surface area contributed by atoms with Gasteiger partial charge in [-0.25, -0.2) is 9.67 Å². The van der Waals surface area contributed by atoms with Crippen molar-refractivity contribution in [2.45, 2.75) is 20.0 Å². The van der Waals surface area contributed by atoms with Gasteiger partial charge in [0, 0.05) is 18.9 Å². The van der Waals surface area contributed by atoms with Crippen LogP contribution in [0.25, 0.3) is 5.69 Å². The van der Waals surface area contributed by atoms with Crippen LogP contribution in [0.2, 0.25) is 0 Å². The number of hydrogen-bond donors (Lipinski definition) is 1. The minimum absolute atomic E-state index is 0.00310. The van der Waals surface area contributed by atoms with Crippen molar-refractivity contribution in [1.82, 2.24) is 29.9 Å². The van der Waals surface area contributed by atoms with Crippen LogP contribution in [0.1, 0.15) is 12.5 Å². The maximum Gasteiger partial charge on any atom is 0.224 e. The van der Waals surface area contributed by atoms with Crippen molar-refractivity contribution < 1.29 is 4.79 Å². The largest absolute Gasteiger partial charge is 0.352 e. The summed E-state index contributed by atoms with van der Waals surface area (Å²) in [4.78, 5) is 16.0. The number of benzene rings is 1. The van der Waals surface area contributed by atoms with Gasteiger partial charge in [-0.15, -0.1) is 0 Å². The van der Waals surface area contributed by atoms with Crippen LogP contribution < -0.4 is 5.32 Å². The highest BCUT2D eigenvalue weighted by Crippen LogP contribution is 2.09. The molecule has 1 atom stereocenters. The lowest BCUT2D eigenvalue weighted by molar-refractivity contribution is -0.125. The number of carbonyl (C=O) groups is 1. The van der Waals surface area contributed by atoms with Gasteiger partial charge < -0.3 is 5.32 Å². The second-order valence-corrected chi connectivity index (χ2v) is 5.35. The first-order valence-electron chi connectivity index (χ1n) is 7.41. The Hall–Kier alpha value is -2.96. The van der Waals surface area contributed by atoms with Crippen LogP contribution in [0.5, 0.6) is 0 Å². The van der Waals surface area contributed by atoms with E-state index in [4.69, 9.17) is 0 Å². The smallest absolute Gasteiger partial charge is 0.224 e. The summed E-state index contributed by atoms with van der Waals surface area (Å²) in [6.07, 6.45) is 6.71. The van der Waals surface area contributed by atoms with Crippen molar-refractivity contribution in [3.05, 3.63) is 60.9 Å². The van der Waals surface area contributed by atoms with Gasteiger partial charge in [-0.2, -0.15) is 10.2 Å². The second-order valence-electron chi connectivity index (χ2n) is 5.35. The highest BCUT2D eigenvalue weighted by atomic mass is 16.1. The van der Waals surface area contributed by atoms with Gasteiger partial charge in [0.1, 0.15) is 12.7 Å². The quantitative estimate of drug-likeness (QED) is 0.747. The maximum absolute atomic E-state index is 12.1. The topological polar surface area (TPSA) is 77.6 Å². The molecule has 118 valence electrons. The molecule has 3 rings (SSSR count). The lowest BCUT2D eigenvalue weighted by atomic mass is 10.1. The zero-order valence-electron chi connectivity index (χ0n) is 12.8. The SMILES string of the molecule is C[C@H](Cn1cncn1)C(=O)NCc1ccc(-n2cccn2)cc1. The Morgan fingerprint density at radius 3 is 2.74 bits per heavy atom. The Morgan fingerprint density at radius 2 is 2.09 bits per heavy atom. The van der Waals surface area contributed by atoms with Gasteiger partial charge in [0.05, 0.1) is 18.2 Å². The van der Waals surface area contributed by atoms with Crippen molar-refractivity contribution in [3.63, 3.8) is 0 Å². The number of nitrogens with one attached hydrogen (secondary N) is 1. The monoisotopic (exact) mass is 310 g/mol. The van der Waals surface area contributed by atoms with E-state index in [1.807, 2.05) is 43.5 Å². The number of hydrogen-bond acceptors (Lipinski definition) is 4. The molecule has 3 aromatic rings. The van der Waals surface area contributed by atoms with E-state index in [9.17, 15) is 4.79 Å². The molecule has 0 aliphatic rings. The average Bonchev–Trinajstić information content (AvgIpc) is 3.26. The predicted molar refractivity (Wildman–Crippen MR) is 84.6 cm³/mol. The molecule has 0 unspecified atom stereocenters.